The van der Waals surface area contributed by atoms with E-state index in [9.17, 15) is 9.59 Å². The Kier molecular flexibility index (Phi) is 3.78. The van der Waals surface area contributed by atoms with Gasteiger partial charge in [-0.15, -0.1) is 0 Å². The SMILES string of the molecule is CCc1ccc(C=O)c(C#N)c1CC(=O)O. The van der Waals surface area contributed by atoms with Gasteiger partial charge in [0.05, 0.1) is 12.0 Å². The average molecular weight is 217 g/mol. The summed E-state index contributed by atoms with van der Waals surface area (Å²) in [5, 5.41) is 17.7. The van der Waals surface area contributed by atoms with Crippen LogP contribution in [0.2, 0.25) is 0 Å². The van der Waals surface area contributed by atoms with Crippen molar-refractivity contribution in [1.29, 1.82) is 5.26 Å². The minimum absolute atomic E-state index is 0.178. The third-order valence-electron chi connectivity index (χ3n) is 2.39. The second kappa shape index (κ2) is 5.08. The molecule has 0 bridgehead atoms. The van der Waals surface area contributed by atoms with Crippen LogP contribution in [-0.2, 0) is 17.6 Å². The molecule has 0 unspecified atom stereocenters. The van der Waals surface area contributed by atoms with Gasteiger partial charge in [-0.2, -0.15) is 5.26 Å². The van der Waals surface area contributed by atoms with Gasteiger partial charge in [-0.3, -0.25) is 9.59 Å². The number of hydrogen-bond donors (Lipinski definition) is 1. The van der Waals surface area contributed by atoms with Crippen molar-refractivity contribution in [3.05, 3.63) is 34.4 Å². The number of aliphatic carboxylic acids is 1. The van der Waals surface area contributed by atoms with E-state index in [0.717, 1.165) is 5.56 Å². The predicted octanol–water partition coefficient (Wildman–Crippen LogP) is 1.56. The number of nitrogens with zero attached hydrogens (tertiary/aromatic N) is 1. The van der Waals surface area contributed by atoms with Crippen LogP contribution in [0.3, 0.4) is 0 Å². The number of rotatable bonds is 4. The molecule has 0 spiro atoms. The third kappa shape index (κ3) is 2.26. The summed E-state index contributed by atoms with van der Waals surface area (Å²) >= 11 is 0. The first kappa shape index (κ1) is 11.9. The largest absolute Gasteiger partial charge is 0.481 e. The van der Waals surface area contributed by atoms with E-state index in [4.69, 9.17) is 10.4 Å². The summed E-state index contributed by atoms with van der Waals surface area (Å²) in [6, 6.07) is 5.15. The van der Waals surface area contributed by atoms with Crippen LogP contribution in [0.15, 0.2) is 12.1 Å². The zero-order valence-electron chi connectivity index (χ0n) is 8.86. The molecule has 82 valence electrons. The smallest absolute Gasteiger partial charge is 0.307 e. The van der Waals surface area contributed by atoms with Crippen molar-refractivity contribution in [1.82, 2.24) is 0 Å². The van der Waals surface area contributed by atoms with Gasteiger partial charge < -0.3 is 5.11 Å². The van der Waals surface area contributed by atoms with Crippen molar-refractivity contribution in [2.24, 2.45) is 0 Å². The molecule has 16 heavy (non-hydrogen) atoms. The Morgan fingerprint density at radius 2 is 2.25 bits per heavy atom. The lowest BCUT2D eigenvalue weighted by Crippen LogP contribution is -2.07. The molecule has 0 saturated carbocycles. The molecule has 0 atom stereocenters. The van der Waals surface area contributed by atoms with E-state index in [-0.39, 0.29) is 17.5 Å². The number of aryl methyl sites for hydroxylation is 1. The molecule has 0 aromatic heterocycles. The molecular formula is C12H11NO3. The minimum atomic E-state index is -1.01. The van der Waals surface area contributed by atoms with Gasteiger partial charge in [-0.1, -0.05) is 19.1 Å². The Labute approximate surface area is 93.1 Å². The molecule has 0 aliphatic heterocycles. The first-order valence-electron chi connectivity index (χ1n) is 4.85. The molecule has 0 aliphatic carbocycles. The molecular weight excluding hydrogens is 206 g/mol. The molecule has 4 heteroatoms. The summed E-state index contributed by atoms with van der Waals surface area (Å²) in [7, 11) is 0. The Hall–Kier alpha value is -2.15. The number of carbonyl (C=O) groups is 2. The molecule has 0 saturated heterocycles. The van der Waals surface area contributed by atoms with Crippen molar-refractivity contribution in [3.63, 3.8) is 0 Å². The fourth-order valence-corrected chi connectivity index (χ4v) is 1.62. The maximum absolute atomic E-state index is 10.7. The number of carboxylic acid groups (broad SMARTS) is 1. The molecule has 0 fully saturated rings. The van der Waals surface area contributed by atoms with Crippen LogP contribution in [0.5, 0.6) is 0 Å². The predicted molar refractivity (Wildman–Crippen MR) is 57.3 cm³/mol. The van der Waals surface area contributed by atoms with Crippen LogP contribution in [0.25, 0.3) is 0 Å². The van der Waals surface area contributed by atoms with Gasteiger partial charge in [0.15, 0.2) is 6.29 Å². The first-order chi connectivity index (χ1) is 7.63. The van der Waals surface area contributed by atoms with E-state index >= 15 is 0 Å². The average Bonchev–Trinajstić information content (AvgIpc) is 2.27. The van der Waals surface area contributed by atoms with Gasteiger partial charge in [0, 0.05) is 5.56 Å². The van der Waals surface area contributed by atoms with Crippen LogP contribution in [0.4, 0.5) is 0 Å². The summed E-state index contributed by atoms with van der Waals surface area (Å²) in [5.41, 5.74) is 1.67. The van der Waals surface area contributed by atoms with Crippen LogP contribution < -0.4 is 0 Å². The number of carboxylic acids is 1. The maximum Gasteiger partial charge on any atom is 0.307 e. The Bertz CT molecular complexity index is 472. The van der Waals surface area contributed by atoms with Gasteiger partial charge in [0.2, 0.25) is 0 Å². The number of carbonyl (C=O) groups excluding carboxylic acids is 1. The monoisotopic (exact) mass is 217 g/mol. The van der Waals surface area contributed by atoms with Crippen molar-refractivity contribution in [2.45, 2.75) is 19.8 Å². The maximum atomic E-state index is 10.7. The van der Waals surface area contributed by atoms with Crippen LogP contribution in [0.1, 0.15) is 34.0 Å². The number of nitriles is 1. The van der Waals surface area contributed by atoms with Gasteiger partial charge in [0.25, 0.3) is 0 Å². The lowest BCUT2D eigenvalue weighted by Gasteiger charge is -2.09. The summed E-state index contributed by atoms with van der Waals surface area (Å²) in [6.45, 7) is 1.88. The standard InChI is InChI=1S/C12H11NO3/c1-2-8-3-4-9(7-14)11(6-13)10(8)5-12(15)16/h3-4,7H,2,5H2,1H3,(H,15,16). The number of aldehydes is 1. The molecule has 1 aromatic carbocycles. The molecule has 0 amide bonds. The molecule has 0 heterocycles. The molecule has 1 rings (SSSR count). The van der Waals surface area contributed by atoms with Crippen molar-refractivity contribution in [2.75, 3.05) is 0 Å². The van der Waals surface area contributed by atoms with Crippen LogP contribution in [0, 0.1) is 11.3 Å². The van der Waals surface area contributed by atoms with Gasteiger partial charge >= 0.3 is 5.97 Å². The Morgan fingerprint density at radius 3 is 2.69 bits per heavy atom. The fourth-order valence-electron chi connectivity index (χ4n) is 1.62. The van der Waals surface area contributed by atoms with Crippen molar-refractivity contribution >= 4 is 12.3 Å². The second-order valence-electron chi connectivity index (χ2n) is 3.32. The van der Waals surface area contributed by atoms with E-state index < -0.39 is 5.97 Å². The molecule has 0 aliphatic rings. The topological polar surface area (TPSA) is 78.2 Å². The summed E-state index contributed by atoms with van der Waals surface area (Å²) in [6.07, 6.45) is 0.980. The lowest BCUT2D eigenvalue weighted by atomic mass is 9.93. The van der Waals surface area contributed by atoms with E-state index in [1.165, 1.54) is 0 Å². The minimum Gasteiger partial charge on any atom is -0.481 e. The Morgan fingerprint density at radius 1 is 1.56 bits per heavy atom. The molecule has 1 N–H and O–H groups in total. The highest BCUT2D eigenvalue weighted by Gasteiger charge is 2.14. The van der Waals surface area contributed by atoms with Gasteiger partial charge in [-0.25, -0.2) is 0 Å². The first-order valence-corrected chi connectivity index (χ1v) is 4.85. The molecule has 0 radical (unpaired) electrons. The van der Waals surface area contributed by atoms with Crippen LogP contribution >= 0.6 is 0 Å². The van der Waals surface area contributed by atoms with E-state index in [1.54, 1.807) is 12.1 Å². The summed E-state index contributed by atoms with van der Waals surface area (Å²) in [4.78, 5) is 21.4. The number of hydrogen-bond acceptors (Lipinski definition) is 3. The summed E-state index contributed by atoms with van der Waals surface area (Å²) in [5.74, 6) is -1.01. The van der Waals surface area contributed by atoms with Gasteiger partial charge in [0.1, 0.15) is 6.07 Å². The van der Waals surface area contributed by atoms with Crippen molar-refractivity contribution in [3.8, 4) is 6.07 Å². The Balaban J connectivity index is 3.43. The highest BCUT2D eigenvalue weighted by Crippen LogP contribution is 2.19. The summed E-state index contributed by atoms with van der Waals surface area (Å²) < 4.78 is 0. The third-order valence-corrected chi connectivity index (χ3v) is 2.39. The normalized spacial score (nSPS) is 9.50. The highest BCUT2D eigenvalue weighted by molar-refractivity contribution is 5.82. The van der Waals surface area contributed by atoms with E-state index in [0.29, 0.717) is 18.3 Å². The van der Waals surface area contributed by atoms with Crippen LogP contribution in [-0.4, -0.2) is 17.4 Å². The van der Waals surface area contributed by atoms with E-state index in [1.807, 2.05) is 13.0 Å². The highest BCUT2D eigenvalue weighted by atomic mass is 16.4. The second-order valence-corrected chi connectivity index (χ2v) is 3.32. The lowest BCUT2D eigenvalue weighted by molar-refractivity contribution is -0.136. The zero-order valence-corrected chi connectivity index (χ0v) is 8.86. The zero-order chi connectivity index (χ0) is 12.1. The number of benzene rings is 1. The van der Waals surface area contributed by atoms with E-state index in [2.05, 4.69) is 0 Å². The van der Waals surface area contributed by atoms with Crippen molar-refractivity contribution < 1.29 is 14.7 Å². The molecule has 4 nitrogen and oxygen atoms in total. The molecule has 1 aromatic rings. The quantitative estimate of drug-likeness (QED) is 0.776. The van der Waals surface area contributed by atoms with Gasteiger partial charge in [-0.05, 0) is 17.5 Å². The fraction of sp³-hybridized carbons (Fsp3) is 0.250.